The smallest absolute Gasteiger partial charge is 0.310 e. The van der Waals surface area contributed by atoms with Crippen LogP contribution in [0.3, 0.4) is 0 Å². The molecule has 19 heavy (non-hydrogen) atoms. The van der Waals surface area contributed by atoms with Crippen molar-refractivity contribution in [2.24, 2.45) is 5.41 Å². The van der Waals surface area contributed by atoms with Gasteiger partial charge in [0, 0.05) is 12.1 Å². The van der Waals surface area contributed by atoms with Gasteiger partial charge >= 0.3 is 5.97 Å². The number of benzene rings is 1. The Labute approximate surface area is 114 Å². The molecule has 4 nitrogen and oxygen atoms in total. The molecule has 2 N–H and O–H groups in total. The van der Waals surface area contributed by atoms with Crippen molar-refractivity contribution in [1.29, 1.82) is 0 Å². The van der Waals surface area contributed by atoms with Crippen LogP contribution in [0.15, 0.2) is 24.3 Å². The number of hydrogen-bond donors (Lipinski definition) is 2. The van der Waals surface area contributed by atoms with Crippen molar-refractivity contribution < 1.29 is 14.6 Å². The lowest BCUT2D eigenvalue weighted by Crippen LogP contribution is -2.54. The predicted octanol–water partition coefficient (Wildman–Crippen LogP) is 2.67. The van der Waals surface area contributed by atoms with Crippen molar-refractivity contribution in [1.82, 2.24) is 5.32 Å². The quantitative estimate of drug-likeness (QED) is 0.830. The van der Waals surface area contributed by atoms with E-state index in [-0.39, 0.29) is 0 Å². The SMILES string of the molecule is COc1ccc(CNC(C)(C)C(C)(C)C(=O)O)cc1. The minimum absolute atomic E-state index is 0.515. The zero-order chi connectivity index (χ0) is 14.7. The monoisotopic (exact) mass is 265 g/mol. The Morgan fingerprint density at radius 3 is 2.16 bits per heavy atom. The van der Waals surface area contributed by atoms with Crippen LogP contribution in [0, 0.1) is 5.41 Å². The zero-order valence-corrected chi connectivity index (χ0v) is 12.3. The third kappa shape index (κ3) is 3.47. The van der Waals surface area contributed by atoms with Gasteiger partial charge in [-0.2, -0.15) is 0 Å². The van der Waals surface area contributed by atoms with Crippen LogP contribution >= 0.6 is 0 Å². The molecule has 0 amide bonds. The van der Waals surface area contributed by atoms with Gasteiger partial charge in [0.15, 0.2) is 0 Å². The van der Waals surface area contributed by atoms with E-state index in [0.29, 0.717) is 6.54 Å². The molecule has 1 aromatic carbocycles. The second-order valence-corrected chi connectivity index (χ2v) is 5.76. The van der Waals surface area contributed by atoms with Crippen molar-refractivity contribution in [2.75, 3.05) is 7.11 Å². The predicted molar refractivity (Wildman–Crippen MR) is 75.3 cm³/mol. The van der Waals surface area contributed by atoms with Crippen molar-refractivity contribution >= 4 is 5.97 Å². The number of carboxylic acids is 1. The van der Waals surface area contributed by atoms with Crippen LogP contribution < -0.4 is 10.1 Å². The number of ether oxygens (including phenoxy) is 1. The number of methoxy groups -OCH3 is 1. The summed E-state index contributed by atoms with van der Waals surface area (Å²) in [5.41, 5.74) is -0.270. The zero-order valence-electron chi connectivity index (χ0n) is 12.3. The summed E-state index contributed by atoms with van der Waals surface area (Å²) < 4.78 is 5.10. The molecular formula is C15H23NO3. The fourth-order valence-corrected chi connectivity index (χ4v) is 1.55. The highest BCUT2D eigenvalue weighted by molar-refractivity contribution is 5.75. The molecule has 106 valence electrons. The van der Waals surface area contributed by atoms with Crippen molar-refractivity contribution in [3.63, 3.8) is 0 Å². The summed E-state index contributed by atoms with van der Waals surface area (Å²) in [5.74, 6) is 0.00797. The molecule has 1 aromatic rings. The first-order chi connectivity index (χ1) is 8.70. The standard InChI is InChI=1S/C15H23NO3/c1-14(2,13(17)18)15(3,4)16-10-11-6-8-12(19-5)9-7-11/h6-9,16H,10H2,1-5H3,(H,17,18). The molecule has 0 spiro atoms. The first-order valence-corrected chi connectivity index (χ1v) is 6.32. The van der Waals surface area contributed by atoms with Gasteiger partial charge in [-0.25, -0.2) is 0 Å². The number of carboxylic acid groups (broad SMARTS) is 1. The molecule has 0 fully saturated rings. The van der Waals surface area contributed by atoms with Gasteiger partial charge in [-0.05, 0) is 45.4 Å². The Hall–Kier alpha value is -1.55. The Morgan fingerprint density at radius 2 is 1.74 bits per heavy atom. The van der Waals surface area contributed by atoms with Crippen LogP contribution in [0.2, 0.25) is 0 Å². The van der Waals surface area contributed by atoms with Crippen LogP contribution in [-0.4, -0.2) is 23.7 Å². The fraction of sp³-hybridized carbons (Fsp3) is 0.533. The van der Waals surface area contributed by atoms with E-state index in [1.807, 2.05) is 38.1 Å². The van der Waals surface area contributed by atoms with Crippen LogP contribution in [0.5, 0.6) is 5.75 Å². The third-order valence-electron chi connectivity index (χ3n) is 3.99. The van der Waals surface area contributed by atoms with Crippen LogP contribution in [0.25, 0.3) is 0 Å². The first-order valence-electron chi connectivity index (χ1n) is 6.32. The molecule has 0 aliphatic rings. The van der Waals surface area contributed by atoms with Gasteiger partial charge in [-0.3, -0.25) is 4.79 Å². The Balaban J connectivity index is 2.71. The normalized spacial score (nSPS) is 12.3. The van der Waals surface area contributed by atoms with E-state index >= 15 is 0 Å². The summed E-state index contributed by atoms with van der Waals surface area (Å²) in [6.45, 7) is 7.90. The maximum absolute atomic E-state index is 11.3. The minimum Gasteiger partial charge on any atom is -0.497 e. The molecule has 0 bridgehead atoms. The van der Waals surface area contributed by atoms with E-state index in [4.69, 9.17) is 4.74 Å². The summed E-state index contributed by atoms with van der Waals surface area (Å²) in [6.07, 6.45) is 0. The molecule has 1 rings (SSSR count). The average molecular weight is 265 g/mol. The average Bonchev–Trinajstić information content (AvgIpc) is 2.36. The van der Waals surface area contributed by atoms with E-state index in [1.54, 1.807) is 21.0 Å². The summed E-state index contributed by atoms with van der Waals surface area (Å²) in [4.78, 5) is 11.3. The van der Waals surface area contributed by atoms with Crippen molar-refractivity contribution in [2.45, 2.75) is 39.8 Å². The van der Waals surface area contributed by atoms with Crippen LogP contribution in [0.1, 0.15) is 33.3 Å². The Kier molecular flexibility index (Phi) is 4.58. The second kappa shape index (κ2) is 5.61. The molecule has 0 saturated carbocycles. The van der Waals surface area contributed by atoms with Gasteiger partial charge in [0.1, 0.15) is 5.75 Å². The molecule has 4 heteroatoms. The van der Waals surface area contributed by atoms with Crippen molar-refractivity contribution in [3.05, 3.63) is 29.8 Å². The minimum atomic E-state index is -0.848. The molecule has 0 aliphatic heterocycles. The molecule has 0 atom stereocenters. The lowest BCUT2D eigenvalue weighted by atomic mass is 9.74. The largest absolute Gasteiger partial charge is 0.497 e. The van der Waals surface area contributed by atoms with Gasteiger partial charge in [-0.1, -0.05) is 12.1 Å². The maximum atomic E-state index is 11.3. The fourth-order valence-electron chi connectivity index (χ4n) is 1.55. The van der Waals surface area contributed by atoms with Crippen molar-refractivity contribution in [3.8, 4) is 5.75 Å². The highest BCUT2D eigenvalue weighted by Crippen LogP contribution is 2.31. The summed E-state index contributed by atoms with van der Waals surface area (Å²) in [7, 11) is 1.63. The molecule has 0 unspecified atom stereocenters. The topological polar surface area (TPSA) is 58.6 Å². The highest BCUT2D eigenvalue weighted by atomic mass is 16.5. The molecule has 0 aliphatic carbocycles. The molecular weight excluding hydrogens is 242 g/mol. The molecule has 0 saturated heterocycles. The van der Waals surface area contributed by atoms with E-state index in [0.717, 1.165) is 11.3 Å². The number of carbonyl (C=O) groups is 1. The van der Waals surface area contributed by atoms with Crippen LogP contribution in [-0.2, 0) is 11.3 Å². The lowest BCUT2D eigenvalue weighted by molar-refractivity contribution is -0.151. The van der Waals surface area contributed by atoms with E-state index in [2.05, 4.69) is 5.32 Å². The summed E-state index contributed by atoms with van der Waals surface area (Å²) in [6, 6.07) is 7.73. The van der Waals surface area contributed by atoms with E-state index in [1.165, 1.54) is 0 Å². The Morgan fingerprint density at radius 1 is 1.21 bits per heavy atom. The van der Waals surface area contributed by atoms with Gasteiger partial charge in [0.2, 0.25) is 0 Å². The number of aliphatic carboxylic acids is 1. The first kappa shape index (κ1) is 15.5. The molecule has 0 radical (unpaired) electrons. The van der Waals surface area contributed by atoms with Gasteiger partial charge < -0.3 is 15.2 Å². The number of hydrogen-bond acceptors (Lipinski definition) is 3. The maximum Gasteiger partial charge on any atom is 0.310 e. The van der Waals surface area contributed by atoms with E-state index < -0.39 is 16.9 Å². The van der Waals surface area contributed by atoms with Crippen LogP contribution in [0.4, 0.5) is 0 Å². The van der Waals surface area contributed by atoms with Gasteiger partial charge in [0.05, 0.1) is 12.5 Å². The molecule has 0 heterocycles. The van der Waals surface area contributed by atoms with Gasteiger partial charge in [0.25, 0.3) is 0 Å². The second-order valence-electron chi connectivity index (χ2n) is 5.76. The summed E-state index contributed by atoms with van der Waals surface area (Å²) in [5, 5.41) is 12.6. The Bertz CT molecular complexity index is 435. The highest BCUT2D eigenvalue weighted by Gasteiger charge is 2.42. The van der Waals surface area contributed by atoms with Gasteiger partial charge in [-0.15, -0.1) is 0 Å². The summed E-state index contributed by atoms with van der Waals surface area (Å²) >= 11 is 0. The number of rotatable bonds is 6. The lowest BCUT2D eigenvalue weighted by Gasteiger charge is -2.39. The van der Waals surface area contributed by atoms with E-state index in [9.17, 15) is 9.90 Å². The molecule has 0 aromatic heterocycles. The number of nitrogens with one attached hydrogen (secondary N) is 1. The third-order valence-corrected chi connectivity index (χ3v) is 3.99.